The maximum absolute atomic E-state index is 12.5. The van der Waals surface area contributed by atoms with Crippen molar-refractivity contribution >= 4 is 17.8 Å². The third kappa shape index (κ3) is 4.90. The lowest BCUT2D eigenvalue weighted by atomic mass is 9.86. The summed E-state index contributed by atoms with van der Waals surface area (Å²) in [5.74, 6) is -1.02. The van der Waals surface area contributed by atoms with Crippen LogP contribution in [0.4, 0.5) is 0 Å². The molecule has 0 aromatic carbocycles. The van der Waals surface area contributed by atoms with Gasteiger partial charge in [-0.05, 0) is 52.0 Å². The molecule has 1 amide bonds. The molecule has 0 radical (unpaired) electrons. The van der Waals surface area contributed by atoms with Gasteiger partial charge in [0.2, 0.25) is 0 Å². The highest BCUT2D eigenvalue weighted by Gasteiger charge is 2.29. The molecule has 3 atom stereocenters. The summed E-state index contributed by atoms with van der Waals surface area (Å²) < 4.78 is 10.4. The van der Waals surface area contributed by atoms with E-state index in [1.165, 1.54) is 6.42 Å². The highest BCUT2D eigenvalue weighted by Crippen LogP contribution is 2.24. The summed E-state index contributed by atoms with van der Waals surface area (Å²) in [6.07, 6.45) is 3.41. The lowest BCUT2D eigenvalue weighted by Crippen LogP contribution is -2.46. The molecular weight excluding hydrogens is 348 g/mol. The maximum atomic E-state index is 12.5. The van der Waals surface area contributed by atoms with Gasteiger partial charge in [-0.15, -0.1) is 0 Å². The van der Waals surface area contributed by atoms with E-state index in [0.29, 0.717) is 22.7 Å². The molecule has 27 heavy (non-hydrogen) atoms. The van der Waals surface area contributed by atoms with Crippen molar-refractivity contribution in [2.24, 2.45) is 5.92 Å². The molecule has 1 saturated carbocycles. The summed E-state index contributed by atoms with van der Waals surface area (Å²) in [4.78, 5) is 39.8. The summed E-state index contributed by atoms with van der Waals surface area (Å²) in [6.45, 7) is 9.00. The predicted molar refractivity (Wildman–Crippen MR) is 101 cm³/mol. The molecule has 0 aliphatic heterocycles. The fraction of sp³-hybridized carbons (Fsp3) is 0.650. The number of aromatic nitrogens is 1. The highest BCUT2D eigenvalue weighted by atomic mass is 16.5. The number of ether oxygens (including phenoxy) is 2. The van der Waals surface area contributed by atoms with Crippen LogP contribution in [0, 0.1) is 19.8 Å². The van der Waals surface area contributed by atoms with Gasteiger partial charge in [-0.25, -0.2) is 9.59 Å². The number of rotatable bonds is 6. The zero-order valence-corrected chi connectivity index (χ0v) is 16.8. The van der Waals surface area contributed by atoms with E-state index in [-0.39, 0.29) is 24.2 Å². The molecule has 0 spiro atoms. The highest BCUT2D eigenvalue weighted by molar-refractivity contribution is 5.99. The van der Waals surface area contributed by atoms with Gasteiger partial charge in [0, 0.05) is 11.7 Å². The fourth-order valence-corrected chi connectivity index (χ4v) is 3.57. The molecule has 1 aliphatic rings. The van der Waals surface area contributed by atoms with Crippen molar-refractivity contribution in [3.05, 3.63) is 22.5 Å². The van der Waals surface area contributed by atoms with Gasteiger partial charge < -0.3 is 19.8 Å². The van der Waals surface area contributed by atoms with Crippen LogP contribution in [0.1, 0.15) is 78.6 Å². The average Bonchev–Trinajstić information content (AvgIpc) is 2.91. The van der Waals surface area contributed by atoms with Crippen molar-refractivity contribution in [2.75, 3.05) is 6.61 Å². The molecule has 2 N–H and O–H groups in total. The Morgan fingerprint density at radius 1 is 1.19 bits per heavy atom. The Morgan fingerprint density at radius 3 is 2.48 bits per heavy atom. The first-order chi connectivity index (χ1) is 12.8. The Kier molecular flexibility index (Phi) is 7.05. The maximum Gasteiger partial charge on any atom is 0.355 e. The third-order valence-corrected chi connectivity index (χ3v) is 5.21. The standard InChI is InChI=1S/C20H30N2O5/c1-6-26-19(24)16-12(3)17(21-13(16)4)20(25)27-14(5)18(23)22-15-10-8-7-9-11(15)2/h11,14-15,21H,6-10H2,1-5H3,(H,22,23)/t11-,14+,15+/m0/s1. The molecular formula is C20H30N2O5. The summed E-state index contributed by atoms with van der Waals surface area (Å²) in [6, 6.07) is 0.122. The van der Waals surface area contributed by atoms with Crippen molar-refractivity contribution in [2.45, 2.75) is 72.4 Å². The molecule has 0 unspecified atom stereocenters. The summed E-state index contributed by atoms with van der Waals surface area (Å²) in [5, 5.41) is 2.99. The Hall–Kier alpha value is -2.31. The van der Waals surface area contributed by atoms with Crippen LogP contribution in [0.3, 0.4) is 0 Å². The van der Waals surface area contributed by atoms with E-state index < -0.39 is 18.0 Å². The van der Waals surface area contributed by atoms with Crippen molar-refractivity contribution in [1.29, 1.82) is 0 Å². The third-order valence-electron chi connectivity index (χ3n) is 5.21. The van der Waals surface area contributed by atoms with E-state index in [9.17, 15) is 14.4 Å². The van der Waals surface area contributed by atoms with Gasteiger partial charge >= 0.3 is 11.9 Å². The number of hydrogen-bond donors (Lipinski definition) is 2. The van der Waals surface area contributed by atoms with Crippen LogP contribution in [0.2, 0.25) is 0 Å². The van der Waals surface area contributed by atoms with Crippen LogP contribution in [0.15, 0.2) is 0 Å². The molecule has 150 valence electrons. The number of hydrogen-bond acceptors (Lipinski definition) is 5. The Balaban J connectivity index is 2.02. The number of aryl methyl sites for hydroxylation is 1. The van der Waals surface area contributed by atoms with Gasteiger partial charge in [0.25, 0.3) is 5.91 Å². The normalized spacial score (nSPS) is 20.6. The Morgan fingerprint density at radius 2 is 1.85 bits per heavy atom. The van der Waals surface area contributed by atoms with Crippen LogP contribution in [-0.4, -0.2) is 41.6 Å². The number of H-pyrrole nitrogens is 1. The van der Waals surface area contributed by atoms with Gasteiger partial charge in [0.05, 0.1) is 12.2 Å². The van der Waals surface area contributed by atoms with Crippen LogP contribution >= 0.6 is 0 Å². The summed E-state index contributed by atoms with van der Waals surface area (Å²) in [5.41, 5.74) is 1.49. The number of nitrogens with one attached hydrogen (secondary N) is 2. The van der Waals surface area contributed by atoms with Crippen molar-refractivity contribution in [1.82, 2.24) is 10.3 Å². The monoisotopic (exact) mass is 378 g/mol. The second-order valence-electron chi connectivity index (χ2n) is 7.27. The first-order valence-electron chi connectivity index (χ1n) is 9.63. The zero-order chi connectivity index (χ0) is 20.1. The minimum absolute atomic E-state index is 0.122. The van der Waals surface area contributed by atoms with Crippen molar-refractivity contribution in [3.8, 4) is 0 Å². The molecule has 0 saturated heterocycles. The van der Waals surface area contributed by atoms with E-state index in [1.54, 1.807) is 27.7 Å². The van der Waals surface area contributed by atoms with E-state index in [0.717, 1.165) is 19.3 Å². The number of amides is 1. The number of esters is 2. The Bertz CT molecular complexity index is 709. The lowest BCUT2D eigenvalue weighted by molar-refractivity contribution is -0.130. The van der Waals surface area contributed by atoms with Crippen molar-refractivity contribution < 1.29 is 23.9 Å². The molecule has 1 fully saturated rings. The molecule has 1 aromatic rings. The summed E-state index contributed by atoms with van der Waals surface area (Å²) >= 11 is 0. The van der Waals surface area contributed by atoms with Gasteiger partial charge in [-0.1, -0.05) is 19.8 Å². The predicted octanol–water partition coefficient (Wildman–Crippen LogP) is 3.05. The van der Waals surface area contributed by atoms with E-state index >= 15 is 0 Å². The molecule has 1 aliphatic carbocycles. The fourth-order valence-electron chi connectivity index (χ4n) is 3.57. The minimum Gasteiger partial charge on any atom is -0.462 e. The number of aromatic amines is 1. The smallest absolute Gasteiger partial charge is 0.355 e. The largest absolute Gasteiger partial charge is 0.462 e. The van der Waals surface area contributed by atoms with Crippen LogP contribution < -0.4 is 5.32 Å². The van der Waals surface area contributed by atoms with Crippen LogP contribution in [-0.2, 0) is 14.3 Å². The second kappa shape index (κ2) is 9.06. The SMILES string of the molecule is CCOC(=O)c1c(C)[nH]c(C(=O)O[C@H](C)C(=O)N[C@@H]2CCCC[C@@H]2C)c1C. The van der Waals surface area contributed by atoms with Crippen molar-refractivity contribution in [3.63, 3.8) is 0 Å². The zero-order valence-electron chi connectivity index (χ0n) is 16.8. The van der Waals surface area contributed by atoms with E-state index in [2.05, 4.69) is 17.2 Å². The molecule has 1 heterocycles. The minimum atomic E-state index is -0.916. The Labute approximate surface area is 160 Å². The molecule has 2 rings (SSSR count). The summed E-state index contributed by atoms with van der Waals surface area (Å²) in [7, 11) is 0. The number of carbonyl (C=O) groups excluding carboxylic acids is 3. The first-order valence-corrected chi connectivity index (χ1v) is 9.63. The van der Waals surface area contributed by atoms with E-state index in [1.807, 2.05) is 0 Å². The van der Waals surface area contributed by atoms with Gasteiger partial charge in [0.15, 0.2) is 6.10 Å². The molecule has 7 nitrogen and oxygen atoms in total. The molecule has 7 heteroatoms. The quantitative estimate of drug-likeness (QED) is 0.742. The van der Waals surface area contributed by atoms with Crippen LogP contribution in [0.25, 0.3) is 0 Å². The van der Waals surface area contributed by atoms with Gasteiger partial charge in [0.1, 0.15) is 5.69 Å². The first kappa shape index (κ1) is 21.0. The topological polar surface area (TPSA) is 97.5 Å². The van der Waals surface area contributed by atoms with Crippen LogP contribution in [0.5, 0.6) is 0 Å². The van der Waals surface area contributed by atoms with Gasteiger partial charge in [-0.2, -0.15) is 0 Å². The number of carbonyl (C=O) groups is 3. The molecule has 0 bridgehead atoms. The second-order valence-corrected chi connectivity index (χ2v) is 7.27. The van der Waals surface area contributed by atoms with E-state index in [4.69, 9.17) is 9.47 Å². The molecule has 1 aromatic heterocycles. The average molecular weight is 378 g/mol. The lowest BCUT2D eigenvalue weighted by Gasteiger charge is -2.30. The van der Waals surface area contributed by atoms with Gasteiger partial charge in [-0.3, -0.25) is 4.79 Å².